The second-order valence-corrected chi connectivity index (χ2v) is 5.28. The fourth-order valence-corrected chi connectivity index (χ4v) is 2.08. The second kappa shape index (κ2) is 5.65. The molecule has 2 heteroatoms. The lowest BCUT2D eigenvalue weighted by molar-refractivity contribution is -0.00800. The third-order valence-electron chi connectivity index (χ3n) is 3.64. The van der Waals surface area contributed by atoms with E-state index in [1.54, 1.807) is 7.11 Å². The van der Waals surface area contributed by atoms with Gasteiger partial charge in [0.2, 0.25) is 0 Å². The Kier molecular flexibility index (Phi) is 4.72. The van der Waals surface area contributed by atoms with Crippen LogP contribution < -0.4 is 5.32 Å². The van der Waals surface area contributed by atoms with Crippen molar-refractivity contribution in [3.05, 3.63) is 34.9 Å². The zero-order chi connectivity index (χ0) is 13.1. The number of rotatable bonds is 5. The molecule has 17 heavy (non-hydrogen) atoms. The van der Waals surface area contributed by atoms with Crippen LogP contribution in [0, 0.1) is 13.8 Å². The largest absolute Gasteiger partial charge is 0.377 e. The van der Waals surface area contributed by atoms with Gasteiger partial charge in [-0.1, -0.05) is 23.8 Å². The summed E-state index contributed by atoms with van der Waals surface area (Å²) >= 11 is 0. The van der Waals surface area contributed by atoms with Gasteiger partial charge in [-0.3, -0.25) is 0 Å². The molecule has 1 N–H and O–H groups in total. The first-order chi connectivity index (χ1) is 7.90. The Morgan fingerprint density at radius 1 is 1.29 bits per heavy atom. The number of likely N-dealkylation sites (N-methyl/N-ethyl adjacent to an activating group) is 1. The van der Waals surface area contributed by atoms with Crippen LogP contribution >= 0.6 is 0 Å². The molecule has 0 bridgehead atoms. The van der Waals surface area contributed by atoms with E-state index in [-0.39, 0.29) is 5.60 Å². The molecule has 1 unspecified atom stereocenters. The van der Waals surface area contributed by atoms with Gasteiger partial charge >= 0.3 is 0 Å². The fraction of sp³-hybridized carbons (Fsp3) is 0.600. The Balaban J connectivity index is 2.91. The van der Waals surface area contributed by atoms with Crippen molar-refractivity contribution in [2.24, 2.45) is 0 Å². The van der Waals surface area contributed by atoms with E-state index in [1.165, 1.54) is 16.7 Å². The predicted octanol–water partition coefficient (Wildman–Crippen LogP) is 2.86. The summed E-state index contributed by atoms with van der Waals surface area (Å²) in [6.45, 7) is 8.55. The highest BCUT2D eigenvalue weighted by atomic mass is 16.5. The maximum absolute atomic E-state index is 5.57. The zero-order valence-corrected chi connectivity index (χ0v) is 11.9. The van der Waals surface area contributed by atoms with Crippen molar-refractivity contribution >= 4 is 0 Å². The molecule has 96 valence electrons. The van der Waals surface area contributed by atoms with E-state index in [4.69, 9.17) is 4.74 Å². The van der Waals surface area contributed by atoms with Crippen LogP contribution in [-0.2, 0) is 11.2 Å². The summed E-state index contributed by atoms with van der Waals surface area (Å²) in [6, 6.07) is 6.94. The smallest absolute Gasteiger partial charge is 0.0778 e. The van der Waals surface area contributed by atoms with Gasteiger partial charge in [0.05, 0.1) is 5.60 Å². The Morgan fingerprint density at radius 2 is 1.94 bits per heavy atom. The summed E-state index contributed by atoms with van der Waals surface area (Å²) in [7, 11) is 3.77. The SMILES string of the molecule is CNC(Cc1cc(C)ccc1C)C(C)(C)OC. The first-order valence-electron chi connectivity index (χ1n) is 6.19. The third-order valence-corrected chi connectivity index (χ3v) is 3.64. The number of nitrogens with one attached hydrogen (secondary N) is 1. The first-order valence-corrected chi connectivity index (χ1v) is 6.19. The standard InChI is InChI=1S/C15H25NO/c1-11-7-8-12(2)13(9-11)10-14(16-5)15(3,4)17-6/h7-9,14,16H,10H2,1-6H3. The lowest BCUT2D eigenvalue weighted by atomic mass is 9.90. The minimum atomic E-state index is -0.162. The number of ether oxygens (including phenoxy) is 1. The third kappa shape index (κ3) is 3.55. The van der Waals surface area contributed by atoms with E-state index in [0.717, 1.165) is 6.42 Å². The molecule has 0 aromatic heterocycles. The molecule has 0 aliphatic heterocycles. The van der Waals surface area contributed by atoms with Crippen molar-refractivity contribution in [1.82, 2.24) is 5.32 Å². The average molecular weight is 235 g/mol. The monoisotopic (exact) mass is 235 g/mol. The Labute approximate surface area is 105 Å². The highest BCUT2D eigenvalue weighted by Gasteiger charge is 2.28. The lowest BCUT2D eigenvalue weighted by Crippen LogP contribution is -2.48. The quantitative estimate of drug-likeness (QED) is 0.847. The van der Waals surface area contributed by atoms with Crippen LogP contribution in [0.5, 0.6) is 0 Å². The van der Waals surface area contributed by atoms with Crippen molar-refractivity contribution in [2.75, 3.05) is 14.2 Å². The Morgan fingerprint density at radius 3 is 2.47 bits per heavy atom. The summed E-state index contributed by atoms with van der Waals surface area (Å²) in [4.78, 5) is 0. The molecule has 1 rings (SSSR count). The van der Waals surface area contributed by atoms with Crippen molar-refractivity contribution in [3.8, 4) is 0 Å². The number of methoxy groups -OCH3 is 1. The van der Waals surface area contributed by atoms with E-state index in [9.17, 15) is 0 Å². The predicted molar refractivity (Wildman–Crippen MR) is 73.6 cm³/mol. The Bertz CT molecular complexity index is 371. The average Bonchev–Trinajstić information content (AvgIpc) is 2.30. The number of benzene rings is 1. The molecule has 0 heterocycles. The summed E-state index contributed by atoms with van der Waals surface area (Å²) in [5.74, 6) is 0. The van der Waals surface area contributed by atoms with Gasteiger partial charge in [0.25, 0.3) is 0 Å². The van der Waals surface area contributed by atoms with E-state index in [1.807, 2.05) is 7.05 Å². The molecule has 2 nitrogen and oxygen atoms in total. The molecule has 1 aromatic rings. The van der Waals surface area contributed by atoms with Crippen molar-refractivity contribution in [1.29, 1.82) is 0 Å². The van der Waals surface area contributed by atoms with Gasteiger partial charge in [-0.15, -0.1) is 0 Å². The highest BCUT2D eigenvalue weighted by molar-refractivity contribution is 5.31. The van der Waals surface area contributed by atoms with E-state index in [0.29, 0.717) is 6.04 Å². The molecule has 0 spiro atoms. The van der Waals surface area contributed by atoms with E-state index < -0.39 is 0 Å². The van der Waals surface area contributed by atoms with Crippen LogP contribution in [0.2, 0.25) is 0 Å². The summed E-state index contributed by atoms with van der Waals surface area (Å²) in [5.41, 5.74) is 3.90. The normalized spacial score (nSPS) is 13.8. The van der Waals surface area contributed by atoms with Crippen LogP contribution in [0.25, 0.3) is 0 Å². The second-order valence-electron chi connectivity index (χ2n) is 5.28. The van der Waals surface area contributed by atoms with Crippen molar-refractivity contribution in [3.63, 3.8) is 0 Å². The van der Waals surface area contributed by atoms with Gasteiger partial charge < -0.3 is 10.1 Å². The van der Waals surface area contributed by atoms with Gasteiger partial charge in [-0.2, -0.15) is 0 Å². The summed E-state index contributed by atoms with van der Waals surface area (Å²) in [5, 5.41) is 3.36. The molecule has 0 aliphatic carbocycles. The molecule has 0 amide bonds. The number of hydrogen-bond donors (Lipinski definition) is 1. The van der Waals surface area contributed by atoms with Crippen LogP contribution in [0.15, 0.2) is 18.2 Å². The Hall–Kier alpha value is -0.860. The molecule has 0 radical (unpaired) electrons. The molecule has 0 saturated heterocycles. The van der Waals surface area contributed by atoms with Gasteiger partial charge in [0, 0.05) is 13.2 Å². The minimum Gasteiger partial charge on any atom is -0.377 e. The summed E-state index contributed by atoms with van der Waals surface area (Å²) < 4.78 is 5.57. The molecule has 1 aromatic carbocycles. The van der Waals surface area contributed by atoms with E-state index >= 15 is 0 Å². The van der Waals surface area contributed by atoms with Crippen molar-refractivity contribution < 1.29 is 4.74 Å². The van der Waals surface area contributed by atoms with Crippen LogP contribution in [0.4, 0.5) is 0 Å². The van der Waals surface area contributed by atoms with Crippen molar-refractivity contribution in [2.45, 2.75) is 45.8 Å². The zero-order valence-electron chi connectivity index (χ0n) is 11.9. The highest BCUT2D eigenvalue weighted by Crippen LogP contribution is 2.20. The number of aryl methyl sites for hydroxylation is 2. The van der Waals surface area contributed by atoms with Gasteiger partial charge in [0.15, 0.2) is 0 Å². The number of hydrogen-bond acceptors (Lipinski definition) is 2. The lowest BCUT2D eigenvalue weighted by Gasteiger charge is -2.33. The molecular formula is C15H25NO. The van der Waals surface area contributed by atoms with Gasteiger partial charge in [-0.25, -0.2) is 0 Å². The summed E-state index contributed by atoms with van der Waals surface area (Å²) in [6.07, 6.45) is 0.991. The minimum absolute atomic E-state index is 0.162. The molecule has 0 fully saturated rings. The molecule has 1 atom stereocenters. The first kappa shape index (κ1) is 14.2. The van der Waals surface area contributed by atoms with Gasteiger partial charge in [0.1, 0.15) is 0 Å². The molecule has 0 saturated carbocycles. The van der Waals surface area contributed by atoms with E-state index in [2.05, 4.69) is 51.2 Å². The van der Waals surface area contributed by atoms with Crippen LogP contribution in [-0.4, -0.2) is 25.8 Å². The maximum Gasteiger partial charge on any atom is 0.0778 e. The van der Waals surface area contributed by atoms with Crippen LogP contribution in [0.1, 0.15) is 30.5 Å². The molecular weight excluding hydrogens is 210 g/mol. The molecule has 0 aliphatic rings. The van der Waals surface area contributed by atoms with Gasteiger partial charge in [-0.05, 0) is 52.3 Å². The fourth-order valence-electron chi connectivity index (χ4n) is 2.08. The topological polar surface area (TPSA) is 21.3 Å². The van der Waals surface area contributed by atoms with Crippen LogP contribution in [0.3, 0.4) is 0 Å². The maximum atomic E-state index is 5.57.